The summed E-state index contributed by atoms with van der Waals surface area (Å²) in [6.07, 6.45) is 5.83. The number of ether oxygens (including phenoxy) is 2. The first kappa shape index (κ1) is 13.8. The molecule has 1 aromatic rings. The number of benzene rings is 1. The molecule has 1 fully saturated rings. The summed E-state index contributed by atoms with van der Waals surface area (Å²) in [5.41, 5.74) is 0.951. The fraction of sp³-hybridized carbons (Fsp3) is 0.625. The molecule has 1 saturated carbocycles. The molecule has 0 radical (unpaired) electrons. The van der Waals surface area contributed by atoms with Crippen LogP contribution in [0.5, 0.6) is 5.75 Å². The number of hydrogen-bond donors (Lipinski definition) is 1. The van der Waals surface area contributed by atoms with Crippen LogP contribution in [0, 0.1) is 5.82 Å². The van der Waals surface area contributed by atoms with Gasteiger partial charge >= 0.3 is 0 Å². The maximum atomic E-state index is 13.2. The lowest BCUT2D eigenvalue weighted by Gasteiger charge is -2.31. The minimum atomic E-state index is -0.198. The standard InChI is InChI=1S/C16H22FNO2/c1-18-14-4-2-3-5-16(14)19-10-13-9-11-8-12(17)6-7-15(11)20-13/h6-8,13-14,16,18H,2-5,9-10H2,1H3. The van der Waals surface area contributed by atoms with Gasteiger partial charge < -0.3 is 14.8 Å². The molecule has 1 aliphatic heterocycles. The van der Waals surface area contributed by atoms with Crippen molar-refractivity contribution >= 4 is 0 Å². The Balaban J connectivity index is 1.53. The van der Waals surface area contributed by atoms with Crippen LogP contribution in [0.3, 0.4) is 0 Å². The Morgan fingerprint density at radius 1 is 1.35 bits per heavy atom. The van der Waals surface area contributed by atoms with Crippen molar-refractivity contribution in [3.63, 3.8) is 0 Å². The van der Waals surface area contributed by atoms with Gasteiger partial charge in [-0.3, -0.25) is 0 Å². The highest BCUT2D eigenvalue weighted by molar-refractivity contribution is 5.37. The van der Waals surface area contributed by atoms with E-state index < -0.39 is 0 Å². The minimum Gasteiger partial charge on any atom is -0.487 e. The van der Waals surface area contributed by atoms with Gasteiger partial charge in [-0.15, -0.1) is 0 Å². The highest BCUT2D eigenvalue weighted by Crippen LogP contribution is 2.30. The van der Waals surface area contributed by atoms with Crippen molar-refractivity contribution in [2.75, 3.05) is 13.7 Å². The van der Waals surface area contributed by atoms with Crippen molar-refractivity contribution in [3.05, 3.63) is 29.6 Å². The van der Waals surface area contributed by atoms with Crippen molar-refractivity contribution in [1.82, 2.24) is 5.32 Å². The van der Waals surface area contributed by atoms with Crippen LogP contribution >= 0.6 is 0 Å². The highest BCUT2D eigenvalue weighted by atomic mass is 19.1. The number of halogens is 1. The predicted octanol–water partition coefficient (Wildman–Crippen LogP) is 2.68. The van der Waals surface area contributed by atoms with Crippen LogP contribution in [0.2, 0.25) is 0 Å². The molecule has 3 nitrogen and oxygen atoms in total. The molecule has 110 valence electrons. The van der Waals surface area contributed by atoms with Gasteiger partial charge in [0.05, 0.1) is 12.7 Å². The Hall–Kier alpha value is -1.13. The van der Waals surface area contributed by atoms with Crippen LogP contribution in [0.4, 0.5) is 4.39 Å². The van der Waals surface area contributed by atoms with Crippen LogP contribution in [-0.2, 0) is 11.2 Å². The lowest BCUT2D eigenvalue weighted by atomic mass is 9.92. The summed E-state index contributed by atoms with van der Waals surface area (Å²) in [5, 5.41) is 3.34. The zero-order valence-electron chi connectivity index (χ0n) is 11.9. The molecule has 1 N–H and O–H groups in total. The maximum Gasteiger partial charge on any atom is 0.126 e. The van der Waals surface area contributed by atoms with Crippen LogP contribution in [-0.4, -0.2) is 31.9 Å². The molecule has 1 aliphatic carbocycles. The van der Waals surface area contributed by atoms with Crippen LogP contribution in [0.25, 0.3) is 0 Å². The fourth-order valence-corrected chi connectivity index (χ4v) is 3.24. The number of hydrogen-bond acceptors (Lipinski definition) is 3. The van der Waals surface area contributed by atoms with E-state index in [1.165, 1.54) is 25.3 Å². The third kappa shape index (κ3) is 2.96. The van der Waals surface area contributed by atoms with Crippen LogP contribution in [0.15, 0.2) is 18.2 Å². The molecule has 0 aromatic heterocycles. The number of nitrogens with one attached hydrogen (secondary N) is 1. The molecular weight excluding hydrogens is 257 g/mol. The molecule has 3 atom stereocenters. The van der Waals surface area contributed by atoms with Gasteiger partial charge in [0.15, 0.2) is 0 Å². The first-order chi connectivity index (χ1) is 9.76. The molecular formula is C16H22FNO2. The van der Waals surface area contributed by atoms with E-state index in [1.54, 1.807) is 12.1 Å². The average Bonchev–Trinajstić information content (AvgIpc) is 2.87. The van der Waals surface area contributed by atoms with Gasteiger partial charge in [-0.2, -0.15) is 0 Å². The molecule has 1 aromatic carbocycles. The first-order valence-corrected chi connectivity index (χ1v) is 7.50. The lowest BCUT2D eigenvalue weighted by molar-refractivity contribution is -0.0254. The maximum absolute atomic E-state index is 13.2. The van der Waals surface area contributed by atoms with E-state index in [4.69, 9.17) is 9.47 Å². The van der Waals surface area contributed by atoms with Gasteiger partial charge in [0.1, 0.15) is 17.7 Å². The van der Waals surface area contributed by atoms with Gasteiger partial charge in [-0.05, 0) is 38.1 Å². The van der Waals surface area contributed by atoms with Crippen molar-refractivity contribution < 1.29 is 13.9 Å². The monoisotopic (exact) mass is 279 g/mol. The summed E-state index contributed by atoms with van der Waals surface area (Å²) in [6.45, 7) is 0.582. The van der Waals surface area contributed by atoms with Gasteiger partial charge in [0.2, 0.25) is 0 Å². The zero-order chi connectivity index (χ0) is 13.9. The van der Waals surface area contributed by atoms with Gasteiger partial charge in [0.25, 0.3) is 0 Å². The fourth-order valence-electron chi connectivity index (χ4n) is 3.24. The molecule has 3 unspecified atom stereocenters. The predicted molar refractivity (Wildman–Crippen MR) is 75.6 cm³/mol. The molecule has 3 rings (SSSR count). The SMILES string of the molecule is CNC1CCCCC1OCC1Cc2cc(F)ccc2O1. The van der Waals surface area contributed by atoms with Gasteiger partial charge in [0, 0.05) is 18.0 Å². The van der Waals surface area contributed by atoms with Crippen LogP contribution < -0.4 is 10.1 Å². The summed E-state index contributed by atoms with van der Waals surface area (Å²) in [4.78, 5) is 0. The smallest absolute Gasteiger partial charge is 0.126 e. The van der Waals surface area contributed by atoms with Crippen molar-refractivity contribution in [1.29, 1.82) is 0 Å². The van der Waals surface area contributed by atoms with E-state index in [1.807, 2.05) is 7.05 Å². The summed E-state index contributed by atoms with van der Waals surface area (Å²) < 4.78 is 25.0. The first-order valence-electron chi connectivity index (χ1n) is 7.50. The largest absolute Gasteiger partial charge is 0.487 e. The third-order valence-electron chi connectivity index (χ3n) is 4.33. The normalized spacial score (nSPS) is 29.0. The van der Waals surface area contributed by atoms with E-state index >= 15 is 0 Å². The second-order valence-electron chi connectivity index (χ2n) is 5.75. The summed E-state index contributed by atoms with van der Waals surface area (Å²) in [7, 11) is 2.00. The number of likely N-dealkylation sites (N-methyl/N-ethyl adjacent to an activating group) is 1. The topological polar surface area (TPSA) is 30.5 Å². The Morgan fingerprint density at radius 2 is 2.20 bits per heavy atom. The van der Waals surface area contributed by atoms with E-state index in [9.17, 15) is 4.39 Å². The molecule has 2 aliphatic rings. The van der Waals surface area contributed by atoms with E-state index in [-0.39, 0.29) is 18.0 Å². The second kappa shape index (κ2) is 6.10. The Labute approximate surface area is 119 Å². The highest BCUT2D eigenvalue weighted by Gasteiger charge is 2.28. The molecule has 0 spiro atoms. The Morgan fingerprint density at radius 3 is 3.05 bits per heavy atom. The van der Waals surface area contributed by atoms with Gasteiger partial charge in [-0.1, -0.05) is 12.8 Å². The van der Waals surface area contributed by atoms with Crippen molar-refractivity contribution in [3.8, 4) is 5.75 Å². The number of fused-ring (bicyclic) bond motifs is 1. The third-order valence-corrected chi connectivity index (χ3v) is 4.33. The number of rotatable bonds is 4. The van der Waals surface area contributed by atoms with Crippen molar-refractivity contribution in [2.24, 2.45) is 0 Å². The zero-order valence-corrected chi connectivity index (χ0v) is 11.9. The summed E-state index contributed by atoms with van der Waals surface area (Å²) in [5.74, 6) is 0.602. The quantitative estimate of drug-likeness (QED) is 0.919. The average molecular weight is 279 g/mol. The van der Waals surface area contributed by atoms with Gasteiger partial charge in [-0.25, -0.2) is 4.39 Å². The van der Waals surface area contributed by atoms with E-state index in [0.717, 1.165) is 24.2 Å². The molecule has 20 heavy (non-hydrogen) atoms. The summed E-state index contributed by atoms with van der Waals surface area (Å²) in [6, 6.07) is 5.17. The second-order valence-corrected chi connectivity index (χ2v) is 5.75. The Kier molecular flexibility index (Phi) is 4.22. The summed E-state index contributed by atoms with van der Waals surface area (Å²) >= 11 is 0. The van der Waals surface area contributed by atoms with Crippen molar-refractivity contribution in [2.45, 2.75) is 50.4 Å². The molecule has 0 saturated heterocycles. The molecule has 1 heterocycles. The molecule has 4 heteroatoms. The van der Waals surface area contributed by atoms with E-state index in [2.05, 4.69) is 5.32 Å². The Bertz CT molecular complexity index is 466. The van der Waals surface area contributed by atoms with E-state index in [0.29, 0.717) is 12.6 Å². The minimum absolute atomic E-state index is 0.0197. The molecule has 0 bridgehead atoms. The van der Waals surface area contributed by atoms with Crippen LogP contribution in [0.1, 0.15) is 31.2 Å². The lowest BCUT2D eigenvalue weighted by Crippen LogP contribution is -2.43. The molecule has 0 amide bonds.